The van der Waals surface area contributed by atoms with Crippen molar-refractivity contribution in [3.8, 4) is 5.75 Å². The monoisotopic (exact) mass is 531 g/mol. The Morgan fingerprint density at radius 1 is 1.05 bits per heavy atom. The quantitative estimate of drug-likeness (QED) is 0.329. The minimum atomic E-state index is -1.27. The number of pyridine rings is 1. The van der Waals surface area contributed by atoms with Crippen LogP contribution in [0.5, 0.6) is 5.75 Å². The van der Waals surface area contributed by atoms with E-state index >= 15 is 0 Å². The van der Waals surface area contributed by atoms with Crippen molar-refractivity contribution in [1.82, 2.24) is 29.8 Å². The Morgan fingerprint density at radius 3 is 2.66 bits per heavy atom. The first-order chi connectivity index (χ1) is 18.6. The topological polar surface area (TPSA) is 130 Å². The predicted molar refractivity (Wildman–Crippen MR) is 145 cm³/mol. The van der Waals surface area contributed by atoms with Crippen molar-refractivity contribution in [3.63, 3.8) is 0 Å². The molecule has 38 heavy (non-hydrogen) atoms. The molecule has 2 aliphatic rings. The first kappa shape index (κ1) is 24.8. The summed E-state index contributed by atoms with van der Waals surface area (Å²) in [6, 6.07) is 10.8. The number of nitrogens with one attached hydrogen (secondary N) is 2. The molecule has 1 aliphatic carbocycles. The third-order valence-corrected chi connectivity index (χ3v) is 8.79. The van der Waals surface area contributed by atoms with Crippen molar-refractivity contribution in [3.05, 3.63) is 71.0 Å². The van der Waals surface area contributed by atoms with Gasteiger partial charge in [-0.25, -0.2) is 9.97 Å². The van der Waals surface area contributed by atoms with Gasteiger partial charge in [-0.1, -0.05) is 0 Å². The van der Waals surface area contributed by atoms with Crippen molar-refractivity contribution in [2.45, 2.75) is 55.0 Å². The van der Waals surface area contributed by atoms with E-state index in [4.69, 9.17) is 4.74 Å². The standard InChI is InChI=1S/C27H29N7O3S/c35-24-10-5-18-15-31-27(32-19-6-8-20(9-7-19)37-21-11-12-28-16-21)33-25(18)34(24)17-23-26(30-14-13-29-23)38(36)22-3-1-2-4-22/h5-10,13-15,21-22,28H,1-4,11-12,16-17H2,(H,31,32,33). The second-order valence-electron chi connectivity index (χ2n) is 9.62. The first-order valence-electron chi connectivity index (χ1n) is 13.0. The lowest BCUT2D eigenvalue weighted by molar-refractivity contribution is 0.223. The van der Waals surface area contributed by atoms with Crippen LogP contribution in [0.15, 0.2) is 64.8 Å². The van der Waals surface area contributed by atoms with Crippen molar-refractivity contribution in [2.75, 3.05) is 18.4 Å². The van der Waals surface area contributed by atoms with E-state index in [2.05, 4.69) is 30.6 Å². The van der Waals surface area contributed by atoms with E-state index in [-0.39, 0.29) is 23.5 Å². The maximum Gasteiger partial charge on any atom is 0.268 e. The molecule has 6 rings (SSSR count). The van der Waals surface area contributed by atoms with Gasteiger partial charge in [0.25, 0.3) is 10.6 Å². The summed E-state index contributed by atoms with van der Waals surface area (Å²) in [4.78, 5) is 30.9. The predicted octanol–water partition coefficient (Wildman–Crippen LogP) is 3.16. The lowest BCUT2D eigenvalue weighted by Crippen LogP contribution is -2.25. The Kier molecular flexibility index (Phi) is 7.21. The molecule has 3 aromatic heterocycles. The van der Waals surface area contributed by atoms with E-state index in [1.54, 1.807) is 24.7 Å². The highest BCUT2D eigenvalue weighted by molar-refractivity contribution is 7.92. The van der Waals surface area contributed by atoms with E-state index in [0.717, 1.165) is 56.6 Å². The highest BCUT2D eigenvalue weighted by atomic mass is 32.2. The van der Waals surface area contributed by atoms with Crippen LogP contribution in [-0.4, -0.2) is 53.5 Å². The van der Waals surface area contributed by atoms with Crippen LogP contribution in [0, 0.1) is 0 Å². The molecule has 0 bridgehead atoms. The number of hydrogen-bond donors (Lipinski definition) is 2. The molecule has 0 radical (unpaired) electrons. The van der Waals surface area contributed by atoms with E-state index in [0.29, 0.717) is 27.7 Å². The van der Waals surface area contributed by atoms with Gasteiger partial charge in [0.05, 0.1) is 12.7 Å². The highest BCUT2D eigenvalue weighted by Crippen LogP contribution is 2.30. The van der Waals surface area contributed by atoms with E-state index in [1.165, 1.54) is 10.6 Å². The molecule has 1 saturated carbocycles. The number of nitrogens with zero attached hydrogens (tertiary/aromatic N) is 5. The van der Waals surface area contributed by atoms with Gasteiger partial charge < -0.3 is 19.9 Å². The minimum absolute atomic E-state index is 0.0828. The zero-order valence-electron chi connectivity index (χ0n) is 20.9. The van der Waals surface area contributed by atoms with Crippen LogP contribution in [-0.2, 0) is 17.7 Å². The van der Waals surface area contributed by atoms with Crippen LogP contribution in [0.4, 0.5) is 11.6 Å². The fourth-order valence-electron chi connectivity index (χ4n) is 4.99. The summed E-state index contributed by atoms with van der Waals surface area (Å²) < 4.78 is 20.8. The van der Waals surface area contributed by atoms with Gasteiger partial charge in [0.15, 0.2) is 0 Å². The number of benzene rings is 1. The van der Waals surface area contributed by atoms with Gasteiger partial charge in [0.2, 0.25) is 5.95 Å². The van der Waals surface area contributed by atoms with Gasteiger partial charge in [0, 0.05) is 47.3 Å². The Hall–Kier alpha value is -3.54. The van der Waals surface area contributed by atoms with Crippen LogP contribution >= 0.6 is 0 Å². The molecule has 4 heterocycles. The molecular weight excluding hydrogens is 502 g/mol. The van der Waals surface area contributed by atoms with Gasteiger partial charge in [0.1, 0.15) is 28.4 Å². The number of anilines is 2. The van der Waals surface area contributed by atoms with E-state index < -0.39 is 11.2 Å². The second kappa shape index (κ2) is 11.1. The zero-order valence-corrected chi connectivity index (χ0v) is 21.7. The average molecular weight is 532 g/mol. The molecule has 0 spiro atoms. The number of hydrogen-bond acceptors (Lipinski definition) is 9. The summed E-state index contributed by atoms with van der Waals surface area (Å²) in [5, 5.41) is 7.75. The van der Waals surface area contributed by atoms with Crippen molar-refractivity contribution >= 4 is 33.8 Å². The summed E-state index contributed by atoms with van der Waals surface area (Å²) in [5.74, 6) is 1.17. The molecule has 1 aliphatic heterocycles. The molecule has 2 fully saturated rings. The SMILES string of the molecule is O=c1ccc2cnc(Nc3ccc(OC4CCNC4)cc3)nc2n1Cc1nccnc1[S+]([O-])C1CCCC1. The van der Waals surface area contributed by atoms with Crippen LogP contribution in [0.2, 0.25) is 0 Å². The zero-order chi connectivity index (χ0) is 25.9. The Balaban J connectivity index is 1.26. The molecule has 2 unspecified atom stereocenters. The molecule has 1 aromatic carbocycles. The average Bonchev–Trinajstić information content (AvgIpc) is 3.66. The Morgan fingerprint density at radius 2 is 1.87 bits per heavy atom. The second-order valence-corrected chi connectivity index (χ2v) is 11.3. The van der Waals surface area contributed by atoms with Gasteiger partial charge >= 0.3 is 0 Å². The maximum absolute atomic E-state index is 13.3. The summed E-state index contributed by atoms with van der Waals surface area (Å²) in [6.07, 6.45) is 10.00. The molecule has 10 nitrogen and oxygen atoms in total. The summed E-state index contributed by atoms with van der Waals surface area (Å²) in [5.41, 5.74) is 1.56. The first-order valence-corrected chi connectivity index (χ1v) is 14.2. The van der Waals surface area contributed by atoms with Gasteiger partial charge in [-0.05, 0) is 69.0 Å². The van der Waals surface area contributed by atoms with E-state index in [1.807, 2.05) is 24.3 Å². The maximum atomic E-state index is 13.3. The molecule has 0 amide bonds. The minimum Gasteiger partial charge on any atom is -0.610 e. The summed E-state index contributed by atoms with van der Waals surface area (Å²) in [7, 11) is 0. The van der Waals surface area contributed by atoms with E-state index in [9.17, 15) is 9.35 Å². The molecule has 2 N–H and O–H groups in total. The normalized spacial score (nSPS) is 18.6. The van der Waals surface area contributed by atoms with Gasteiger partial charge in [-0.2, -0.15) is 4.98 Å². The third kappa shape index (κ3) is 5.35. The number of ether oxygens (including phenoxy) is 1. The molecule has 11 heteroatoms. The van der Waals surface area contributed by atoms with Crippen molar-refractivity contribution in [2.24, 2.45) is 0 Å². The van der Waals surface area contributed by atoms with Gasteiger partial charge in [-0.15, -0.1) is 0 Å². The third-order valence-electron chi connectivity index (χ3n) is 6.99. The Labute approximate surface area is 223 Å². The lowest BCUT2D eigenvalue weighted by atomic mass is 10.3. The number of rotatable bonds is 8. The number of fused-ring (bicyclic) bond motifs is 1. The molecule has 2 atom stereocenters. The van der Waals surface area contributed by atoms with Crippen LogP contribution in [0.1, 0.15) is 37.8 Å². The summed E-state index contributed by atoms with van der Waals surface area (Å²) >= 11 is -1.27. The largest absolute Gasteiger partial charge is 0.610 e. The fourth-order valence-corrected chi connectivity index (χ4v) is 6.58. The lowest BCUT2D eigenvalue weighted by Gasteiger charge is -2.18. The summed E-state index contributed by atoms with van der Waals surface area (Å²) in [6.45, 7) is 1.96. The van der Waals surface area contributed by atoms with Crippen LogP contribution in [0.25, 0.3) is 11.0 Å². The van der Waals surface area contributed by atoms with Crippen LogP contribution in [0.3, 0.4) is 0 Å². The van der Waals surface area contributed by atoms with Gasteiger partial charge in [-0.3, -0.25) is 14.3 Å². The smallest absolute Gasteiger partial charge is 0.268 e. The fraction of sp³-hybridized carbons (Fsp3) is 0.370. The molecular formula is C27H29N7O3S. The number of aromatic nitrogens is 5. The van der Waals surface area contributed by atoms with Crippen molar-refractivity contribution in [1.29, 1.82) is 0 Å². The van der Waals surface area contributed by atoms with Crippen molar-refractivity contribution < 1.29 is 9.29 Å². The molecule has 4 aromatic rings. The highest BCUT2D eigenvalue weighted by Gasteiger charge is 2.32. The molecule has 196 valence electrons. The Bertz CT molecular complexity index is 1470. The van der Waals surface area contributed by atoms with Crippen LogP contribution < -0.4 is 20.9 Å². The molecule has 1 saturated heterocycles.